The molecule has 0 aromatic heterocycles. The van der Waals surface area contributed by atoms with Gasteiger partial charge in [0.15, 0.2) is 5.11 Å². The first-order valence-corrected chi connectivity index (χ1v) is 6.96. The van der Waals surface area contributed by atoms with Crippen LogP contribution in [0.2, 0.25) is 0 Å². The van der Waals surface area contributed by atoms with Gasteiger partial charge in [-0.15, -0.1) is 0 Å². The summed E-state index contributed by atoms with van der Waals surface area (Å²) in [6, 6.07) is 10.9. The monoisotopic (exact) mass is 306 g/mol. The molecule has 0 spiro atoms. The molecule has 110 valence electrons. The smallest absolute Gasteiger partial charge is 0.171 e. The minimum atomic E-state index is -0.593. The van der Waals surface area contributed by atoms with E-state index < -0.39 is 11.6 Å². The van der Waals surface area contributed by atoms with Crippen molar-refractivity contribution in [2.24, 2.45) is 0 Å². The molecule has 0 aliphatic heterocycles. The van der Waals surface area contributed by atoms with E-state index in [1.807, 2.05) is 31.2 Å². The molecule has 2 nitrogen and oxygen atoms in total. The molecule has 0 amide bonds. The normalized spacial score (nSPS) is 11.8. The second-order valence-electron chi connectivity index (χ2n) is 4.80. The van der Waals surface area contributed by atoms with Crippen molar-refractivity contribution < 1.29 is 8.78 Å². The van der Waals surface area contributed by atoms with Crippen molar-refractivity contribution in [3.05, 3.63) is 65.2 Å². The van der Waals surface area contributed by atoms with Crippen LogP contribution in [0.15, 0.2) is 42.5 Å². The number of anilines is 1. The predicted octanol–water partition coefficient (Wildman–Crippen LogP) is 4.32. The van der Waals surface area contributed by atoms with Gasteiger partial charge in [-0.1, -0.05) is 24.3 Å². The summed E-state index contributed by atoms with van der Waals surface area (Å²) in [6.45, 7) is 3.73. The average molecular weight is 306 g/mol. The lowest BCUT2D eigenvalue weighted by atomic mass is 10.1. The summed E-state index contributed by atoms with van der Waals surface area (Å²) >= 11 is 5.22. The van der Waals surface area contributed by atoms with E-state index in [9.17, 15) is 8.78 Å². The fourth-order valence-corrected chi connectivity index (χ4v) is 2.29. The molecule has 2 rings (SSSR count). The van der Waals surface area contributed by atoms with E-state index in [0.717, 1.165) is 17.3 Å². The van der Waals surface area contributed by atoms with Crippen LogP contribution in [0.25, 0.3) is 0 Å². The molecule has 5 heteroatoms. The van der Waals surface area contributed by atoms with Gasteiger partial charge in [0.05, 0.1) is 6.04 Å². The standard InChI is InChI=1S/C16H16F2N2S/c1-10-5-3-4-6-15(10)20-16(21)19-11(2)13-8-7-12(17)9-14(13)18/h3-9,11H,1-2H3,(H2,19,20,21)/t11-/m0/s1. The van der Waals surface area contributed by atoms with Crippen molar-refractivity contribution in [1.29, 1.82) is 0 Å². The molecule has 0 heterocycles. The molecule has 0 aliphatic carbocycles. The van der Waals surface area contributed by atoms with Crippen LogP contribution in [0.3, 0.4) is 0 Å². The van der Waals surface area contributed by atoms with Gasteiger partial charge in [0.2, 0.25) is 0 Å². The summed E-state index contributed by atoms with van der Waals surface area (Å²) in [6.07, 6.45) is 0. The second kappa shape index (κ2) is 6.63. The van der Waals surface area contributed by atoms with E-state index in [4.69, 9.17) is 12.2 Å². The van der Waals surface area contributed by atoms with Crippen molar-refractivity contribution in [3.63, 3.8) is 0 Å². The van der Waals surface area contributed by atoms with Crippen LogP contribution in [0.1, 0.15) is 24.1 Å². The number of thiocarbonyl (C=S) groups is 1. The van der Waals surface area contributed by atoms with Gasteiger partial charge < -0.3 is 10.6 Å². The summed E-state index contributed by atoms with van der Waals surface area (Å²) in [4.78, 5) is 0. The zero-order valence-electron chi connectivity index (χ0n) is 11.8. The highest BCUT2D eigenvalue weighted by molar-refractivity contribution is 7.80. The van der Waals surface area contributed by atoms with Gasteiger partial charge in [-0.2, -0.15) is 0 Å². The molecule has 0 bridgehead atoms. The zero-order valence-corrected chi connectivity index (χ0v) is 12.6. The summed E-state index contributed by atoms with van der Waals surface area (Å²) < 4.78 is 26.6. The van der Waals surface area contributed by atoms with E-state index in [1.165, 1.54) is 12.1 Å². The fourth-order valence-electron chi connectivity index (χ4n) is 2.00. The largest absolute Gasteiger partial charge is 0.356 e. The number of benzene rings is 2. The maximum absolute atomic E-state index is 13.7. The minimum absolute atomic E-state index is 0.366. The lowest BCUT2D eigenvalue weighted by Crippen LogP contribution is -2.31. The number of nitrogens with one attached hydrogen (secondary N) is 2. The minimum Gasteiger partial charge on any atom is -0.356 e. The number of halogens is 2. The van der Waals surface area contributed by atoms with E-state index in [-0.39, 0.29) is 6.04 Å². The molecule has 0 unspecified atom stereocenters. The molecule has 2 aromatic carbocycles. The number of para-hydroxylation sites is 1. The topological polar surface area (TPSA) is 24.1 Å². The lowest BCUT2D eigenvalue weighted by Gasteiger charge is -2.18. The molecule has 0 saturated heterocycles. The Morgan fingerprint density at radius 1 is 1.14 bits per heavy atom. The molecule has 0 radical (unpaired) electrons. The van der Waals surface area contributed by atoms with Gasteiger partial charge in [0.25, 0.3) is 0 Å². The van der Waals surface area contributed by atoms with Crippen molar-refractivity contribution in [2.75, 3.05) is 5.32 Å². The van der Waals surface area contributed by atoms with Crippen molar-refractivity contribution in [3.8, 4) is 0 Å². The predicted molar refractivity (Wildman–Crippen MR) is 85.3 cm³/mol. The van der Waals surface area contributed by atoms with Crippen LogP contribution >= 0.6 is 12.2 Å². The molecule has 0 aliphatic rings. The maximum Gasteiger partial charge on any atom is 0.171 e. The van der Waals surface area contributed by atoms with Crippen LogP contribution < -0.4 is 10.6 Å². The third kappa shape index (κ3) is 3.98. The Kier molecular flexibility index (Phi) is 4.85. The van der Waals surface area contributed by atoms with Gasteiger partial charge in [0, 0.05) is 17.3 Å². The third-order valence-electron chi connectivity index (χ3n) is 3.17. The number of rotatable bonds is 3. The SMILES string of the molecule is Cc1ccccc1NC(=S)N[C@@H](C)c1ccc(F)cc1F. The molecule has 21 heavy (non-hydrogen) atoms. The molecule has 0 fully saturated rings. The van der Waals surface area contributed by atoms with Crippen molar-refractivity contribution >= 4 is 23.0 Å². The van der Waals surface area contributed by atoms with Crippen molar-refractivity contribution in [1.82, 2.24) is 5.32 Å². The van der Waals surface area contributed by atoms with Crippen LogP contribution in [-0.2, 0) is 0 Å². The summed E-state index contributed by atoms with van der Waals surface area (Å²) in [7, 11) is 0. The highest BCUT2D eigenvalue weighted by atomic mass is 32.1. The van der Waals surface area contributed by atoms with Gasteiger partial charge in [-0.3, -0.25) is 0 Å². The van der Waals surface area contributed by atoms with Crippen LogP contribution in [0, 0.1) is 18.6 Å². The van der Waals surface area contributed by atoms with E-state index in [2.05, 4.69) is 10.6 Å². The Morgan fingerprint density at radius 3 is 2.52 bits per heavy atom. The lowest BCUT2D eigenvalue weighted by molar-refractivity contribution is 0.554. The molecule has 0 saturated carbocycles. The first-order chi connectivity index (χ1) is 9.97. The number of aryl methyl sites for hydroxylation is 1. The van der Waals surface area contributed by atoms with Crippen molar-refractivity contribution in [2.45, 2.75) is 19.9 Å². The average Bonchev–Trinajstić information content (AvgIpc) is 2.41. The van der Waals surface area contributed by atoms with E-state index in [1.54, 1.807) is 6.92 Å². The highest BCUT2D eigenvalue weighted by Crippen LogP contribution is 2.18. The quantitative estimate of drug-likeness (QED) is 0.826. The van der Waals surface area contributed by atoms with Gasteiger partial charge in [-0.25, -0.2) is 8.78 Å². The Balaban J connectivity index is 2.04. The van der Waals surface area contributed by atoms with E-state index >= 15 is 0 Å². The molecular formula is C16H16F2N2S. The first-order valence-electron chi connectivity index (χ1n) is 6.55. The zero-order chi connectivity index (χ0) is 15.4. The summed E-state index contributed by atoms with van der Waals surface area (Å²) in [5, 5.41) is 6.44. The molecule has 1 atom stereocenters. The molecular weight excluding hydrogens is 290 g/mol. The Morgan fingerprint density at radius 2 is 1.86 bits per heavy atom. The summed E-state index contributed by atoms with van der Waals surface area (Å²) in [5.74, 6) is -1.18. The maximum atomic E-state index is 13.7. The number of hydrogen-bond acceptors (Lipinski definition) is 1. The van der Waals surface area contributed by atoms with Crippen LogP contribution in [0.5, 0.6) is 0 Å². The van der Waals surface area contributed by atoms with Gasteiger partial charge >= 0.3 is 0 Å². The van der Waals surface area contributed by atoms with Gasteiger partial charge in [-0.05, 0) is 43.8 Å². The highest BCUT2D eigenvalue weighted by Gasteiger charge is 2.13. The summed E-state index contributed by atoms with van der Waals surface area (Å²) in [5.41, 5.74) is 2.31. The van der Waals surface area contributed by atoms with Gasteiger partial charge in [0.1, 0.15) is 11.6 Å². The Bertz CT molecular complexity index is 658. The van der Waals surface area contributed by atoms with E-state index in [0.29, 0.717) is 10.7 Å². The van der Waals surface area contributed by atoms with Crippen LogP contribution in [0.4, 0.5) is 14.5 Å². The fraction of sp³-hybridized carbons (Fsp3) is 0.188. The Hall–Kier alpha value is -2.01. The van der Waals surface area contributed by atoms with Crippen LogP contribution in [-0.4, -0.2) is 5.11 Å². The first kappa shape index (κ1) is 15.4. The Labute approximate surface area is 128 Å². The number of hydrogen-bond donors (Lipinski definition) is 2. The third-order valence-corrected chi connectivity index (χ3v) is 3.39. The second-order valence-corrected chi connectivity index (χ2v) is 5.21. The molecule has 2 N–H and O–H groups in total. The molecule has 2 aromatic rings.